The molecule has 1 aliphatic rings. The van der Waals surface area contributed by atoms with Crippen molar-refractivity contribution in [2.75, 3.05) is 16.0 Å². The van der Waals surface area contributed by atoms with E-state index in [1.54, 1.807) is 42.5 Å². The third-order valence-electron chi connectivity index (χ3n) is 4.15. The second kappa shape index (κ2) is 7.39. The number of carbonyl (C=O) groups excluding carboxylic acids is 3. The van der Waals surface area contributed by atoms with Crippen molar-refractivity contribution in [1.29, 1.82) is 0 Å². The van der Waals surface area contributed by atoms with Gasteiger partial charge in [-0.05, 0) is 55.7 Å². The number of hydrogen-bond acceptors (Lipinski definition) is 3. The van der Waals surface area contributed by atoms with Gasteiger partial charge in [0.05, 0.1) is 0 Å². The molecule has 2 aromatic rings. The summed E-state index contributed by atoms with van der Waals surface area (Å²) in [5.74, 6) is -0.341. The molecule has 0 saturated heterocycles. The van der Waals surface area contributed by atoms with Crippen molar-refractivity contribution in [2.24, 2.45) is 5.92 Å². The molecule has 6 nitrogen and oxygen atoms in total. The first kappa shape index (κ1) is 17.7. The van der Waals surface area contributed by atoms with Gasteiger partial charge < -0.3 is 16.0 Å². The maximum absolute atomic E-state index is 12.5. The minimum atomic E-state index is -0.290. The van der Waals surface area contributed by atoms with Crippen molar-refractivity contribution < 1.29 is 14.4 Å². The Balaban J connectivity index is 1.71. The SMILES string of the molecule is CC(=O)Nc1cc(C(=O)Nc2cccc(NC(=O)C3CC3)c2)ccc1C. The molecule has 0 aromatic heterocycles. The monoisotopic (exact) mass is 351 g/mol. The zero-order valence-corrected chi connectivity index (χ0v) is 14.8. The van der Waals surface area contributed by atoms with E-state index in [1.165, 1.54) is 6.92 Å². The number of nitrogens with one attached hydrogen (secondary N) is 3. The summed E-state index contributed by atoms with van der Waals surface area (Å²) in [6, 6.07) is 12.2. The van der Waals surface area contributed by atoms with Gasteiger partial charge in [0.2, 0.25) is 11.8 Å². The number of anilines is 3. The molecule has 0 heterocycles. The van der Waals surface area contributed by atoms with Gasteiger partial charge in [-0.1, -0.05) is 12.1 Å². The summed E-state index contributed by atoms with van der Waals surface area (Å²) in [6.07, 6.45) is 1.87. The number of benzene rings is 2. The van der Waals surface area contributed by atoms with Gasteiger partial charge in [0, 0.05) is 35.5 Å². The van der Waals surface area contributed by atoms with Crippen LogP contribution in [0.15, 0.2) is 42.5 Å². The lowest BCUT2D eigenvalue weighted by Gasteiger charge is -2.11. The van der Waals surface area contributed by atoms with E-state index in [1.807, 2.05) is 6.92 Å². The molecule has 3 amide bonds. The fourth-order valence-corrected chi connectivity index (χ4v) is 2.56. The van der Waals surface area contributed by atoms with Gasteiger partial charge in [0.15, 0.2) is 0 Å². The molecule has 3 N–H and O–H groups in total. The summed E-state index contributed by atoms with van der Waals surface area (Å²) in [4.78, 5) is 35.6. The molecule has 0 bridgehead atoms. The molecule has 6 heteroatoms. The van der Waals surface area contributed by atoms with Gasteiger partial charge in [-0.2, -0.15) is 0 Å². The van der Waals surface area contributed by atoms with Crippen molar-refractivity contribution in [3.05, 3.63) is 53.6 Å². The average molecular weight is 351 g/mol. The van der Waals surface area contributed by atoms with Crippen LogP contribution in [0.4, 0.5) is 17.1 Å². The van der Waals surface area contributed by atoms with E-state index in [-0.39, 0.29) is 23.6 Å². The van der Waals surface area contributed by atoms with E-state index >= 15 is 0 Å². The topological polar surface area (TPSA) is 87.3 Å². The van der Waals surface area contributed by atoms with Crippen molar-refractivity contribution in [2.45, 2.75) is 26.7 Å². The maximum atomic E-state index is 12.5. The summed E-state index contributed by atoms with van der Waals surface area (Å²) in [5.41, 5.74) is 3.16. The van der Waals surface area contributed by atoms with E-state index in [4.69, 9.17) is 0 Å². The van der Waals surface area contributed by atoms with Gasteiger partial charge in [-0.15, -0.1) is 0 Å². The second-order valence-electron chi connectivity index (χ2n) is 6.51. The first-order chi connectivity index (χ1) is 12.4. The highest BCUT2D eigenvalue weighted by molar-refractivity contribution is 6.06. The van der Waals surface area contributed by atoms with Crippen molar-refractivity contribution in [3.63, 3.8) is 0 Å². The molecular weight excluding hydrogens is 330 g/mol. The van der Waals surface area contributed by atoms with Crippen LogP contribution in [0.1, 0.15) is 35.7 Å². The number of rotatable bonds is 5. The quantitative estimate of drug-likeness (QED) is 0.770. The summed E-state index contributed by atoms with van der Waals surface area (Å²) < 4.78 is 0. The number of amides is 3. The molecule has 26 heavy (non-hydrogen) atoms. The molecule has 134 valence electrons. The fraction of sp³-hybridized carbons (Fsp3) is 0.250. The van der Waals surface area contributed by atoms with Gasteiger partial charge in [0.1, 0.15) is 0 Å². The molecular formula is C20H21N3O3. The van der Waals surface area contributed by atoms with Gasteiger partial charge in [-0.3, -0.25) is 14.4 Å². The number of aryl methyl sites for hydroxylation is 1. The zero-order chi connectivity index (χ0) is 18.7. The number of hydrogen-bond donors (Lipinski definition) is 3. The maximum Gasteiger partial charge on any atom is 0.255 e. The molecule has 1 fully saturated rings. The molecule has 0 radical (unpaired) electrons. The van der Waals surface area contributed by atoms with Crippen LogP contribution in [0.25, 0.3) is 0 Å². The van der Waals surface area contributed by atoms with E-state index in [9.17, 15) is 14.4 Å². The van der Waals surface area contributed by atoms with Crippen LogP contribution < -0.4 is 16.0 Å². The predicted octanol–water partition coefficient (Wildman–Crippen LogP) is 3.55. The molecule has 2 aromatic carbocycles. The first-order valence-corrected chi connectivity index (χ1v) is 8.53. The normalized spacial score (nSPS) is 13.0. The second-order valence-corrected chi connectivity index (χ2v) is 6.51. The first-order valence-electron chi connectivity index (χ1n) is 8.53. The summed E-state index contributed by atoms with van der Waals surface area (Å²) in [6.45, 7) is 3.28. The van der Waals surface area contributed by atoms with E-state index in [0.717, 1.165) is 18.4 Å². The molecule has 0 atom stereocenters. The van der Waals surface area contributed by atoms with Crippen molar-refractivity contribution in [1.82, 2.24) is 0 Å². The van der Waals surface area contributed by atoms with Gasteiger partial charge >= 0.3 is 0 Å². The smallest absolute Gasteiger partial charge is 0.255 e. The van der Waals surface area contributed by atoms with Crippen LogP contribution in [-0.2, 0) is 9.59 Å². The predicted molar refractivity (Wildman–Crippen MR) is 101 cm³/mol. The largest absolute Gasteiger partial charge is 0.326 e. The minimum absolute atomic E-state index is 0.0203. The fourth-order valence-electron chi connectivity index (χ4n) is 2.56. The Morgan fingerprint density at radius 1 is 0.923 bits per heavy atom. The average Bonchev–Trinajstić information content (AvgIpc) is 3.41. The molecule has 1 aliphatic carbocycles. The van der Waals surface area contributed by atoms with Crippen LogP contribution in [0.3, 0.4) is 0 Å². The van der Waals surface area contributed by atoms with E-state index in [2.05, 4.69) is 16.0 Å². The molecule has 3 rings (SSSR count). The third kappa shape index (κ3) is 4.47. The van der Waals surface area contributed by atoms with E-state index in [0.29, 0.717) is 22.6 Å². The standard InChI is InChI=1S/C20H21N3O3/c1-12-6-7-15(10-18(12)21-13(2)24)20(26)23-17-5-3-4-16(11-17)22-19(25)14-8-9-14/h3-7,10-11,14H,8-9H2,1-2H3,(H,21,24)(H,22,25)(H,23,26). The Morgan fingerprint density at radius 2 is 1.62 bits per heavy atom. The van der Waals surface area contributed by atoms with Crippen molar-refractivity contribution >= 4 is 34.8 Å². The molecule has 1 saturated carbocycles. The minimum Gasteiger partial charge on any atom is -0.326 e. The Bertz CT molecular complexity index is 872. The lowest BCUT2D eigenvalue weighted by Crippen LogP contribution is -2.15. The van der Waals surface area contributed by atoms with Crippen LogP contribution >= 0.6 is 0 Å². The highest BCUT2D eigenvalue weighted by Gasteiger charge is 2.29. The van der Waals surface area contributed by atoms with Crippen LogP contribution in [0.5, 0.6) is 0 Å². The summed E-state index contributed by atoms with van der Waals surface area (Å²) >= 11 is 0. The highest BCUT2D eigenvalue weighted by atomic mass is 16.2. The Hall–Kier alpha value is -3.15. The Kier molecular flexibility index (Phi) is 5.02. The lowest BCUT2D eigenvalue weighted by atomic mass is 10.1. The molecule has 0 aliphatic heterocycles. The van der Waals surface area contributed by atoms with Gasteiger partial charge in [-0.25, -0.2) is 0 Å². The lowest BCUT2D eigenvalue weighted by molar-refractivity contribution is -0.117. The highest BCUT2D eigenvalue weighted by Crippen LogP contribution is 2.30. The zero-order valence-electron chi connectivity index (χ0n) is 14.8. The Labute approximate surface area is 152 Å². The number of carbonyl (C=O) groups is 3. The summed E-state index contributed by atoms with van der Waals surface area (Å²) in [5, 5.41) is 8.38. The van der Waals surface area contributed by atoms with Crippen LogP contribution in [-0.4, -0.2) is 17.7 Å². The Morgan fingerprint density at radius 3 is 2.27 bits per heavy atom. The van der Waals surface area contributed by atoms with Crippen molar-refractivity contribution in [3.8, 4) is 0 Å². The molecule has 0 unspecified atom stereocenters. The van der Waals surface area contributed by atoms with Gasteiger partial charge in [0.25, 0.3) is 5.91 Å². The summed E-state index contributed by atoms with van der Waals surface area (Å²) in [7, 11) is 0. The third-order valence-corrected chi connectivity index (χ3v) is 4.15. The van der Waals surface area contributed by atoms with Crippen LogP contribution in [0, 0.1) is 12.8 Å². The molecule has 0 spiro atoms. The van der Waals surface area contributed by atoms with Crippen LogP contribution in [0.2, 0.25) is 0 Å². The van der Waals surface area contributed by atoms with E-state index < -0.39 is 0 Å².